The number of hydrogen-bond donors (Lipinski definition) is 0. The van der Waals surface area contributed by atoms with Crippen molar-refractivity contribution in [3.05, 3.63) is 56.0 Å². The molecule has 0 amide bonds. The monoisotopic (exact) mass is 455 g/mol. The van der Waals surface area contributed by atoms with Gasteiger partial charge >= 0.3 is 0 Å². The van der Waals surface area contributed by atoms with Gasteiger partial charge in [0.2, 0.25) is 0 Å². The summed E-state index contributed by atoms with van der Waals surface area (Å²) in [6, 6.07) is 8.22. The van der Waals surface area contributed by atoms with Crippen molar-refractivity contribution in [3.63, 3.8) is 0 Å². The summed E-state index contributed by atoms with van der Waals surface area (Å²) >= 11 is 2.33. The zero-order valence-corrected chi connectivity index (χ0v) is 17.1. The fourth-order valence-electron chi connectivity index (χ4n) is 2.35. The first kappa shape index (κ1) is 19.8. The Hall–Kier alpha value is -1.50. The van der Waals surface area contributed by atoms with E-state index >= 15 is 0 Å². The molecule has 2 aromatic rings. The van der Waals surface area contributed by atoms with Crippen molar-refractivity contribution in [2.24, 2.45) is 0 Å². The molecule has 0 saturated carbocycles. The fraction of sp³-hybridized carbons (Fsp3) is 0.450. The Bertz CT molecular complexity index is 693. The molecular weight excluding hydrogens is 429 g/mol. The van der Waals surface area contributed by atoms with Gasteiger partial charge in [-0.3, -0.25) is 4.79 Å². The molecule has 0 bridgehead atoms. The quantitative estimate of drug-likeness (QED) is 0.380. The van der Waals surface area contributed by atoms with E-state index in [2.05, 4.69) is 48.6 Å². The maximum absolute atomic E-state index is 12.6. The summed E-state index contributed by atoms with van der Waals surface area (Å²) in [6.07, 6.45) is 7.49. The van der Waals surface area contributed by atoms with Gasteiger partial charge in [0.05, 0.1) is 25.6 Å². The van der Waals surface area contributed by atoms with Gasteiger partial charge in [0.1, 0.15) is 0 Å². The van der Waals surface area contributed by atoms with Gasteiger partial charge in [-0.25, -0.2) is 0 Å². The lowest BCUT2D eigenvalue weighted by molar-refractivity contribution is 0.284. The summed E-state index contributed by atoms with van der Waals surface area (Å²) in [7, 11) is 0. The maximum Gasteiger partial charge on any atom is 0.265 e. The smallest absolute Gasteiger partial charge is 0.265 e. The van der Waals surface area contributed by atoms with Crippen LogP contribution in [-0.4, -0.2) is 17.8 Å². The molecule has 0 aliphatic rings. The molecule has 1 aromatic carbocycles. The van der Waals surface area contributed by atoms with Crippen LogP contribution in [0, 0.1) is 3.57 Å². The second-order valence-corrected chi connectivity index (χ2v) is 7.15. The number of ether oxygens (including phenoxy) is 2. The van der Waals surface area contributed by atoms with E-state index in [-0.39, 0.29) is 5.43 Å². The molecule has 136 valence electrons. The van der Waals surface area contributed by atoms with Crippen molar-refractivity contribution in [2.45, 2.75) is 46.1 Å². The summed E-state index contributed by atoms with van der Waals surface area (Å²) in [4.78, 5) is 12.6. The van der Waals surface area contributed by atoms with E-state index < -0.39 is 0 Å². The molecule has 1 aromatic heterocycles. The molecule has 5 heteroatoms. The third-order valence-electron chi connectivity index (χ3n) is 3.84. The molecule has 1 heterocycles. The van der Waals surface area contributed by atoms with Crippen LogP contribution >= 0.6 is 22.6 Å². The van der Waals surface area contributed by atoms with Crippen molar-refractivity contribution >= 4 is 22.6 Å². The Kier molecular flexibility index (Phi) is 8.31. The third kappa shape index (κ3) is 6.06. The van der Waals surface area contributed by atoms with Gasteiger partial charge in [0.25, 0.3) is 5.43 Å². The largest absolute Gasteiger partial charge is 0.488 e. The molecule has 0 aliphatic heterocycles. The zero-order chi connectivity index (χ0) is 18.1. The lowest BCUT2D eigenvalue weighted by Gasteiger charge is -2.14. The average Bonchev–Trinajstić information content (AvgIpc) is 2.61. The summed E-state index contributed by atoms with van der Waals surface area (Å²) in [6.45, 7) is 5.97. The van der Waals surface area contributed by atoms with E-state index in [1.54, 1.807) is 12.4 Å². The van der Waals surface area contributed by atoms with Crippen LogP contribution in [0.3, 0.4) is 0 Å². The predicted molar refractivity (Wildman–Crippen MR) is 110 cm³/mol. The van der Waals surface area contributed by atoms with E-state index in [9.17, 15) is 4.79 Å². The summed E-state index contributed by atoms with van der Waals surface area (Å²) in [5, 5.41) is 0. The second kappa shape index (κ2) is 10.5. The van der Waals surface area contributed by atoms with Gasteiger partial charge in [0.15, 0.2) is 11.5 Å². The molecule has 0 saturated heterocycles. The normalized spacial score (nSPS) is 10.7. The minimum Gasteiger partial charge on any atom is -0.488 e. The highest BCUT2D eigenvalue weighted by molar-refractivity contribution is 14.1. The number of unbranched alkanes of at least 4 members (excludes halogenated alkanes) is 2. The van der Waals surface area contributed by atoms with E-state index in [0.717, 1.165) is 25.7 Å². The van der Waals surface area contributed by atoms with E-state index in [1.165, 1.54) is 9.13 Å². The predicted octanol–water partition coefficient (Wildman–Crippen LogP) is 4.86. The topological polar surface area (TPSA) is 40.5 Å². The lowest BCUT2D eigenvalue weighted by Crippen LogP contribution is -2.17. The van der Waals surface area contributed by atoms with Crippen molar-refractivity contribution < 1.29 is 9.47 Å². The Morgan fingerprint density at radius 3 is 2.04 bits per heavy atom. The molecule has 4 nitrogen and oxygen atoms in total. The number of halogens is 1. The molecule has 0 atom stereocenters. The fourth-order valence-corrected chi connectivity index (χ4v) is 2.91. The van der Waals surface area contributed by atoms with Gasteiger partial charge in [-0.2, -0.15) is 0 Å². The van der Waals surface area contributed by atoms with Crippen molar-refractivity contribution in [2.75, 3.05) is 13.2 Å². The average molecular weight is 455 g/mol. The Morgan fingerprint density at radius 1 is 0.960 bits per heavy atom. The standard InChI is InChI=1S/C20H26INO3/c1-3-5-11-24-18-14-22(13-16-9-7-8-10-17(16)21)15-19(20(18)23)25-12-6-4-2/h7-10,14-15H,3-6,11-13H2,1-2H3. The molecule has 0 unspecified atom stereocenters. The highest BCUT2D eigenvalue weighted by atomic mass is 127. The van der Waals surface area contributed by atoms with Crippen LogP contribution < -0.4 is 14.9 Å². The third-order valence-corrected chi connectivity index (χ3v) is 4.89. The van der Waals surface area contributed by atoms with Gasteiger partial charge in [-0.05, 0) is 47.1 Å². The molecular formula is C20H26INO3. The van der Waals surface area contributed by atoms with Crippen LogP contribution in [0.15, 0.2) is 41.5 Å². The second-order valence-electron chi connectivity index (χ2n) is 5.98. The number of pyridine rings is 1. The first-order valence-electron chi connectivity index (χ1n) is 8.88. The van der Waals surface area contributed by atoms with E-state index in [0.29, 0.717) is 31.3 Å². The van der Waals surface area contributed by atoms with E-state index in [4.69, 9.17) is 9.47 Å². The minimum absolute atomic E-state index is 0.161. The Balaban J connectivity index is 2.27. The van der Waals surface area contributed by atoms with Crippen LogP contribution in [0.2, 0.25) is 0 Å². The summed E-state index contributed by atoms with van der Waals surface area (Å²) in [5.41, 5.74) is 1.04. The first-order chi connectivity index (χ1) is 12.2. The van der Waals surface area contributed by atoms with Crippen LogP contribution in [-0.2, 0) is 6.54 Å². The number of rotatable bonds is 10. The lowest BCUT2D eigenvalue weighted by atomic mass is 10.2. The highest BCUT2D eigenvalue weighted by Gasteiger charge is 2.11. The Morgan fingerprint density at radius 2 is 1.52 bits per heavy atom. The van der Waals surface area contributed by atoms with Crippen LogP contribution in [0.4, 0.5) is 0 Å². The number of nitrogens with zero attached hydrogens (tertiary/aromatic N) is 1. The van der Waals surface area contributed by atoms with Crippen molar-refractivity contribution in [1.29, 1.82) is 0 Å². The van der Waals surface area contributed by atoms with Gasteiger partial charge in [-0.1, -0.05) is 44.9 Å². The maximum atomic E-state index is 12.6. The molecule has 0 fully saturated rings. The Labute approximate surface area is 163 Å². The number of hydrogen-bond acceptors (Lipinski definition) is 3. The highest BCUT2D eigenvalue weighted by Crippen LogP contribution is 2.17. The van der Waals surface area contributed by atoms with Crippen LogP contribution in [0.5, 0.6) is 11.5 Å². The van der Waals surface area contributed by atoms with Gasteiger partial charge in [-0.15, -0.1) is 0 Å². The van der Waals surface area contributed by atoms with Crippen molar-refractivity contribution in [1.82, 2.24) is 4.57 Å². The van der Waals surface area contributed by atoms with Crippen LogP contribution in [0.1, 0.15) is 45.1 Å². The molecule has 2 rings (SSSR count). The van der Waals surface area contributed by atoms with Crippen molar-refractivity contribution in [3.8, 4) is 11.5 Å². The summed E-state index contributed by atoms with van der Waals surface area (Å²) < 4.78 is 14.6. The number of aromatic nitrogens is 1. The van der Waals surface area contributed by atoms with Gasteiger partial charge in [0, 0.05) is 10.1 Å². The SMILES string of the molecule is CCCCOc1cn(Cc2ccccc2I)cc(OCCCC)c1=O. The molecule has 25 heavy (non-hydrogen) atoms. The molecule has 0 N–H and O–H groups in total. The van der Waals surface area contributed by atoms with Gasteiger partial charge < -0.3 is 14.0 Å². The molecule has 0 aliphatic carbocycles. The van der Waals surface area contributed by atoms with E-state index in [1.807, 2.05) is 16.7 Å². The molecule has 0 radical (unpaired) electrons. The zero-order valence-electron chi connectivity index (χ0n) is 15.0. The van der Waals surface area contributed by atoms with Crippen LogP contribution in [0.25, 0.3) is 0 Å². The molecule has 0 spiro atoms. The number of benzene rings is 1. The minimum atomic E-state index is -0.161. The first-order valence-corrected chi connectivity index (χ1v) is 9.96. The summed E-state index contributed by atoms with van der Waals surface area (Å²) in [5.74, 6) is 0.738.